The van der Waals surface area contributed by atoms with Gasteiger partial charge in [0.25, 0.3) is 0 Å². The number of fused-ring (bicyclic) bond motifs is 1. The van der Waals surface area contributed by atoms with Gasteiger partial charge >= 0.3 is 0 Å². The van der Waals surface area contributed by atoms with Crippen molar-refractivity contribution in [1.29, 1.82) is 0 Å². The summed E-state index contributed by atoms with van der Waals surface area (Å²) in [7, 11) is 0. The Hall–Kier alpha value is -1.56. The molecule has 0 amide bonds. The molecule has 1 aromatic heterocycles. The summed E-state index contributed by atoms with van der Waals surface area (Å²) in [6, 6.07) is 12.3. The molecule has 1 fully saturated rings. The van der Waals surface area contributed by atoms with Gasteiger partial charge in [0, 0.05) is 30.6 Å². The number of hydrogen-bond donors (Lipinski definition) is 1. The zero-order chi connectivity index (χ0) is 14.5. The second-order valence-electron chi connectivity index (χ2n) is 5.16. The van der Waals surface area contributed by atoms with Crippen LogP contribution in [0.15, 0.2) is 36.4 Å². The van der Waals surface area contributed by atoms with Crippen molar-refractivity contribution in [3.05, 3.63) is 42.1 Å². The standard InChI is InChI=1S/C16H19N3OS/c21-16(17-12-19-7-9-20-10-8-19)11-14-6-5-13-3-1-2-4-15(13)18-14/h1-6H,7-12H2,(H,17,21). The van der Waals surface area contributed by atoms with Gasteiger partial charge in [-0.2, -0.15) is 0 Å². The first-order valence-corrected chi connectivity index (χ1v) is 7.63. The molecule has 4 nitrogen and oxygen atoms in total. The van der Waals surface area contributed by atoms with Crippen molar-refractivity contribution < 1.29 is 4.74 Å². The van der Waals surface area contributed by atoms with Gasteiger partial charge in [-0.05, 0) is 12.1 Å². The highest BCUT2D eigenvalue weighted by Crippen LogP contribution is 2.12. The van der Waals surface area contributed by atoms with E-state index in [2.05, 4.69) is 27.3 Å². The first-order chi connectivity index (χ1) is 10.3. The number of rotatable bonds is 4. The Bertz CT molecular complexity index is 626. The van der Waals surface area contributed by atoms with E-state index < -0.39 is 0 Å². The quantitative estimate of drug-likeness (QED) is 0.874. The number of para-hydroxylation sites is 1. The van der Waals surface area contributed by atoms with Crippen LogP contribution in [0.5, 0.6) is 0 Å². The summed E-state index contributed by atoms with van der Waals surface area (Å²) < 4.78 is 5.33. The van der Waals surface area contributed by atoms with Crippen LogP contribution in [0, 0.1) is 0 Å². The van der Waals surface area contributed by atoms with Crippen molar-refractivity contribution in [1.82, 2.24) is 15.2 Å². The van der Waals surface area contributed by atoms with Crippen molar-refractivity contribution in [2.45, 2.75) is 6.42 Å². The van der Waals surface area contributed by atoms with E-state index in [1.807, 2.05) is 24.3 Å². The average Bonchev–Trinajstić information content (AvgIpc) is 2.54. The Labute approximate surface area is 130 Å². The normalized spacial score (nSPS) is 16.0. The van der Waals surface area contributed by atoms with Crippen LogP contribution in [0.1, 0.15) is 5.69 Å². The first kappa shape index (κ1) is 14.4. The number of nitrogens with zero attached hydrogens (tertiary/aromatic N) is 2. The van der Waals surface area contributed by atoms with E-state index in [1.165, 1.54) is 0 Å². The molecule has 0 bridgehead atoms. The highest BCUT2D eigenvalue weighted by Gasteiger charge is 2.10. The monoisotopic (exact) mass is 301 g/mol. The maximum atomic E-state index is 5.42. The molecule has 1 aliphatic rings. The predicted octanol–water partition coefficient (Wildman–Crippen LogP) is 1.98. The fourth-order valence-corrected chi connectivity index (χ4v) is 2.61. The van der Waals surface area contributed by atoms with Crippen LogP contribution >= 0.6 is 12.2 Å². The summed E-state index contributed by atoms with van der Waals surface area (Å²) in [5.74, 6) is 0. The minimum Gasteiger partial charge on any atom is -0.379 e. The second kappa shape index (κ2) is 6.93. The van der Waals surface area contributed by atoms with Gasteiger partial charge in [-0.1, -0.05) is 36.5 Å². The summed E-state index contributed by atoms with van der Waals surface area (Å²) in [6.07, 6.45) is 0.685. The molecule has 5 heteroatoms. The number of nitrogens with one attached hydrogen (secondary N) is 1. The number of aromatic nitrogens is 1. The molecule has 1 aromatic carbocycles. The molecule has 2 aromatic rings. The lowest BCUT2D eigenvalue weighted by molar-refractivity contribution is 0.0367. The van der Waals surface area contributed by atoms with E-state index in [-0.39, 0.29) is 0 Å². The van der Waals surface area contributed by atoms with Crippen LogP contribution in [-0.2, 0) is 11.2 Å². The van der Waals surface area contributed by atoms with E-state index in [0.717, 1.165) is 54.6 Å². The van der Waals surface area contributed by atoms with Crippen LogP contribution in [0.2, 0.25) is 0 Å². The molecule has 3 rings (SSSR count). The molecule has 0 unspecified atom stereocenters. The summed E-state index contributed by atoms with van der Waals surface area (Å²) in [6.45, 7) is 4.32. The highest BCUT2D eigenvalue weighted by molar-refractivity contribution is 7.80. The van der Waals surface area contributed by atoms with Crippen LogP contribution in [-0.4, -0.2) is 47.8 Å². The SMILES string of the molecule is S=C(Cc1ccc2ccccc2n1)NCN1CCOCC1. The van der Waals surface area contributed by atoms with E-state index in [9.17, 15) is 0 Å². The number of thiocarbonyl (C=S) groups is 1. The Balaban J connectivity index is 1.55. The van der Waals surface area contributed by atoms with Gasteiger partial charge in [0.05, 0.1) is 30.4 Å². The molecule has 0 saturated carbocycles. The molecule has 1 saturated heterocycles. The Morgan fingerprint density at radius 2 is 2.00 bits per heavy atom. The van der Waals surface area contributed by atoms with Gasteiger partial charge < -0.3 is 10.1 Å². The average molecular weight is 301 g/mol. The number of benzene rings is 1. The topological polar surface area (TPSA) is 37.4 Å². The van der Waals surface area contributed by atoms with Gasteiger partial charge in [-0.25, -0.2) is 0 Å². The Morgan fingerprint density at radius 3 is 2.86 bits per heavy atom. The highest BCUT2D eigenvalue weighted by atomic mass is 32.1. The molecule has 1 N–H and O–H groups in total. The van der Waals surface area contributed by atoms with Gasteiger partial charge in [0.15, 0.2) is 0 Å². The second-order valence-corrected chi connectivity index (χ2v) is 5.65. The molecule has 0 atom stereocenters. The van der Waals surface area contributed by atoms with Crippen LogP contribution in [0.4, 0.5) is 0 Å². The molecule has 21 heavy (non-hydrogen) atoms. The number of morpholine rings is 1. The van der Waals surface area contributed by atoms with Crippen LogP contribution in [0.25, 0.3) is 10.9 Å². The zero-order valence-electron chi connectivity index (χ0n) is 11.9. The fraction of sp³-hybridized carbons (Fsp3) is 0.375. The minimum atomic E-state index is 0.685. The Kier molecular flexibility index (Phi) is 4.75. The van der Waals surface area contributed by atoms with Crippen LogP contribution in [0.3, 0.4) is 0 Å². The van der Waals surface area contributed by atoms with Gasteiger partial charge in [-0.15, -0.1) is 0 Å². The van der Waals surface area contributed by atoms with E-state index >= 15 is 0 Å². The summed E-state index contributed by atoms with van der Waals surface area (Å²) >= 11 is 5.42. The molecular weight excluding hydrogens is 282 g/mol. The molecule has 1 aliphatic heterocycles. The van der Waals surface area contributed by atoms with E-state index in [4.69, 9.17) is 17.0 Å². The van der Waals surface area contributed by atoms with Crippen molar-refractivity contribution in [3.63, 3.8) is 0 Å². The summed E-state index contributed by atoms with van der Waals surface area (Å²) in [5, 5.41) is 4.47. The molecule has 0 spiro atoms. The van der Waals surface area contributed by atoms with Gasteiger partial charge in [0.1, 0.15) is 0 Å². The third-order valence-electron chi connectivity index (χ3n) is 3.60. The van der Waals surface area contributed by atoms with E-state index in [1.54, 1.807) is 0 Å². The number of ether oxygens (including phenoxy) is 1. The van der Waals surface area contributed by atoms with Gasteiger partial charge in [-0.3, -0.25) is 9.88 Å². The van der Waals surface area contributed by atoms with Crippen molar-refractivity contribution in [2.24, 2.45) is 0 Å². The maximum absolute atomic E-state index is 5.42. The van der Waals surface area contributed by atoms with Crippen LogP contribution < -0.4 is 5.32 Å². The number of pyridine rings is 1. The predicted molar refractivity (Wildman–Crippen MR) is 88.4 cm³/mol. The fourth-order valence-electron chi connectivity index (χ4n) is 2.39. The smallest absolute Gasteiger partial charge is 0.0823 e. The van der Waals surface area contributed by atoms with Gasteiger partial charge in [0.2, 0.25) is 0 Å². The lowest BCUT2D eigenvalue weighted by Gasteiger charge is -2.27. The molecule has 0 radical (unpaired) electrons. The third kappa shape index (κ3) is 3.97. The first-order valence-electron chi connectivity index (χ1n) is 7.23. The largest absolute Gasteiger partial charge is 0.379 e. The van der Waals surface area contributed by atoms with Crippen molar-refractivity contribution in [2.75, 3.05) is 33.0 Å². The molecule has 110 valence electrons. The molecule has 2 heterocycles. The minimum absolute atomic E-state index is 0.685. The van der Waals surface area contributed by atoms with E-state index in [0.29, 0.717) is 6.42 Å². The summed E-state index contributed by atoms with van der Waals surface area (Å²) in [5.41, 5.74) is 2.03. The lowest BCUT2D eigenvalue weighted by Crippen LogP contribution is -2.43. The number of hydrogen-bond acceptors (Lipinski definition) is 4. The van der Waals surface area contributed by atoms with Crippen molar-refractivity contribution in [3.8, 4) is 0 Å². The Morgan fingerprint density at radius 1 is 1.19 bits per heavy atom. The van der Waals surface area contributed by atoms with Crippen molar-refractivity contribution >= 4 is 28.1 Å². The lowest BCUT2D eigenvalue weighted by atomic mass is 10.2. The third-order valence-corrected chi connectivity index (χ3v) is 3.89. The molecule has 0 aliphatic carbocycles. The summed E-state index contributed by atoms with van der Waals surface area (Å²) in [4.78, 5) is 7.80. The zero-order valence-corrected chi connectivity index (χ0v) is 12.7. The maximum Gasteiger partial charge on any atom is 0.0823 e. The molecular formula is C16H19N3OS.